The number of amides is 1. The number of fused-ring (bicyclic) bond motifs is 2. The molecule has 6 rings (SSSR count). The molecule has 7 nitrogen and oxygen atoms in total. The van der Waals surface area contributed by atoms with E-state index < -0.39 is 11.5 Å². The van der Waals surface area contributed by atoms with Crippen LogP contribution >= 0.6 is 0 Å². The van der Waals surface area contributed by atoms with Gasteiger partial charge in [-0.25, -0.2) is 5.06 Å². The summed E-state index contributed by atoms with van der Waals surface area (Å²) in [7, 11) is 1.39. The van der Waals surface area contributed by atoms with Crippen molar-refractivity contribution in [1.29, 1.82) is 0 Å². The number of likely N-dealkylation sites (tertiary alicyclic amines) is 1. The van der Waals surface area contributed by atoms with Gasteiger partial charge in [-0.05, 0) is 52.8 Å². The number of para-hydroxylation sites is 1. The third-order valence-corrected chi connectivity index (χ3v) is 8.02. The van der Waals surface area contributed by atoms with Crippen molar-refractivity contribution in [3.63, 3.8) is 0 Å². The molecule has 37 heavy (non-hydrogen) atoms. The first-order valence-corrected chi connectivity index (χ1v) is 12.9. The van der Waals surface area contributed by atoms with E-state index in [1.54, 1.807) is 0 Å². The van der Waals surface area contributed by atoms with E-state index in [-0.39, 0.29) is 24.9 Å². The second kappa shape index (κ2) is 9.65. The Morgan fingerprint density at radius 1 is 0.973 bits per heavy atom. The molecule has 0 aliphatic carbocycles. The first kappa shape index (κ1) is 23.7. The van der Waals surface area contributed by atoms with Crippen molar-refractivity contribution in [3.8, 4) is 0 Å². The van der Waals surface area contributed by atoms with Gasteiger partial charge in [0, 0.05) is 37.3 Å². The Kier molecular flexibility index (Phi) is 6.18. The molecule has 0 radical (unpaired) electrons. The number of rotatable bonds is 6. The smallest absolute Gasteiger partial charge is 0.311 e. The van der Waals surface area contributed by atoms with Gasteiger partial charge in [0.25, 0.3) is 0 Å². The zero-order valence-corrected chi connectivity index (χ0v) is 21.0. The molecule has 0 unspecified atom stereocenters. The highest BCUT2D eigenvalue weighted by Gasteiger charge is 2.58. The number of aromatic amines is 1. The van der Waals surface area contributed by atoms with Crippen LogP contribution in [0.15, 0.2) is 72.8 Å². The van der Waals surface area contributed by atoms with Crippen LogP contribution in [0.3, 0.4) is 0 Å². The van der Waals surface area contributed by atoms with Gasteiger partial charge in [0.05, 0.1) is 18.6 Å². The number of piperidine rings is 1. The Bertz CT molecular complexity index is 1420. The van der Waals surface area contributed by atoms with E-state index >= 15 is 0 Å². The van der Waals surface area contributed by atoms with Crippen LogP contribution in [0.25, 0.3) is 21.7 Å². The van der Waals surface area contributed by atoms with Gasteiger partial charge in [-0.1, -0.05) is 54.6 Å². The van der Waals surface area contributed by atoms with Crippen molar-refractivity contribution in [2.45, 2.75) is 38.0 Å². The number of ether oxygens (including phenoxy) is 1. The summed E-state index contributed by atoms with van der Waals surface area (Å²) < 4.78 is 5.13. The number of nitrogens with zero attached hydrogens (tertiary/aromatic N) is 2. The number of carbonyl (C=O) groups is 2. The zero-order chi connectivity index (χ0) is 25.4. The van der Waals surface area contributed by atoms with Crippen molar-refractivity contribution in [2.75, 3.05) is 20.2 Å². The van der Waals surface area contributed by atoms with E-state index in [0.717, 1.165) is 47.2 Å². The van der Waals surface area contributed by atoms with Crippen molar-refractivity contribution in [1.82, 2.24) is 14.9 Å². The monoisotopic (exact) mass is 497 g/mol. The average Bonchev–Trinajstić information content (AvgIpc) is 3.46. The fourth-order valence-electron chi connectivity index (χ4n) is 6.06. The van der Waals surface area contributed by atoms with Crippen molar-refractivity contribution in [2.24, 2.45) is 5.92 Å². The first-order valence-electron chi connectivity index (χ1n) is 12.9. The molecule has 1 N–H and O–H groups in total. The van der Waals surface area contributed by atoms with Crippen molar-refractivity contribution in [3.05, 3.63) is 84.1 Å². The van der Waals surface area contributed by atoms with Crippen LogP contribution in [0.5, 0.6) is 0 Å². The Balaban J connectivity index is 1.19. The predicted octanol–water partition coefficient (Wildman–Crippen LogP) is 4.81. The fraction of sp³-hybridized carbons (Fsp3) is 0.333. The third kappa shape index (κ3) is 4.38. The summed E-state index contributed by atoms with van der Waals surface area (Å²) in [5, 5.41) is 5.01. The lowest BCUT2D eigenvalue weighted by atomic mass is 9.77. The SMILES string of the molecule is COC(=O)[C@@H]1CC(=O)N(OCc2ccc3ccccc3c2)C12CCN(Cc1cc3ccccc3[nH]1)CC2. The molecule has 1 aromatic heterocycles. The maximum absolute atomic E-state index is 13.2. The van der Waals surface area contributed by atoms with Crippen LogP contribution < -0.4 is 0 Å². The van der Waals surface area contributed by atoms with Gasteiger partial charge in [-0.2, -0.15) is 0 Å². The van der Waals surface area contributed by atoms with Gasteiger partial charge in [-0.15, -0.1) is 0 Å². The molecule has 7 heteroatoms. The van der Waals surface area contributed by atoms with E-state index in [0.29, 0.717) is 12.8 Å². The maximum atomic E-state index is 13.2. The molecule has 2 aliphatic heterocycles. The first-order chi connectivity index (χ1) is 18.1. The standard InChI is InChI=1S/C30H31N3O4/c1-36-29(35)26-18-28(34)33(37-20-21-10-11-22-6-2-3-7-23(22)16-21)30(26)12-14-32(15-13-30)19-25-17-24-8-4-5-9-27(24)31-25/h2-11,16-17,26,31H,12-15,18-20H2,1H3/t26-/m0/s1. The fourth-order valence-corrected chi connectivity index (χ4v) is 6.06. The number of hydrogen-bond acceptors (Lipinski definition) is 5. The number of hydroxylamine groups is 2. The molecule has 2 fully saturated rings. The number of H-pyrrole nitrogens is 1. The quantitative estimate of drug-likeness (QED) is 0.387. The summed E-state index contributed by atoms with van der Waals surface area (Å²) in [4.78, 5) is 38.0. The summed E-state index contributed by atoms with van der Waals surface area (Å²) >= 11 is 0. The minimum absolute atomic E-state index is 0.117. The van der Waals surface area contributed by atoms with E-state index in [2.05, 4.69) is 52.3 Å². The van der Waals surface area contributed by atoms with E-state index in [1.807, 2.05) is 30.3 Å². The van der Waals surface area contributed by atoms with Gasteiger partial charge in [0.1, 0.15) is 6.61 Å². The van der Waals surface area contributed by atoms with Gasteiger partial charge < -0.3 is 9.72 Å². The lowest BCUT2D eigenvalue weighted by Gasteiger charge is -2.45. The molecule has 190 valence electrons. The summed E-state index contributed by atoms with van der Waals surface area (Å²) in [5.74, 6) is -1.02. The number of aromatic nitrogens is 1. The van der Waals surface area contributed by atoms with Crippen LogP contribution in [-0.2, 0) is 32.3 Å². The summed E-state index contributed by atoms with van der Waals surface area (Å²) in [6.45, 7) is 2.57. The second-order valence-electron chi connectivity index (χ2n) is 10.2. The maximum Gasteiger partial charge on any atom is 0.311 e. The van der Waals surface area contributed by atoms with Crippen LogP contribution in [0.4, 0.5) is 0 Å². The molecule has 2 aliphatic rings. The third-order valence-electron chi connectivity index (χ3n) is 8.02. The number of hydrogen-bond donors (Lipinski definition) is 1. The number of benzene rings is 3. The number of nitrogens with one attached hydrogen (secondary N) is 1. The Hall–Kier alpha value is -3.68. The molecule has 1 amide bonds. The lowest BCUT2D eigenvalue weighted by Crippen LogP contribution is -2.57. The van der Waals surface area contributed by atoms with Crippen LogP contribution in [0.1, 0.15) is 30.5 Å². The summed E-state index contributed by atoms with van der Waals surface area (Å²) in [6.07, 6.45) is 1.42. The molecule has 3 heterocycles. The minimum atomic E-state index is -0.696. The van der Waals surface area contributed by atoms with Crippen LogP contribution in [-0.4, -0.2) is 52.6 Å². The Labute approximate surface area is 215 Å². The summed E-state index contributed by atoms with van der Waals surface area (Å²) in [6, 6.07) is 24.8. The van der Waals surface area contributed by atoms with Gasteiger partial charge in [0.15, 0.2) is 0 Å². The average molecular weight is 498 g/mol. The Morgan fingerprint density at radius 3 is 2.46 bits per heavy atom. The minimum Gasteiger partial charge on any atom is -0.469 e. The second-order valence-corrected chi connectivity index (χ2v) is 10.2. The molecule has 0 saturated carbocycles. The molecule has 4 aromatic rings. The van der Waals surface area contributed by atoms with Crippen molar-refractivity contribution >= 4 is 33.6 Å². The topological polar surface area (TPSA) is 74.9 Å². The summed E-state index contributed by atoms with van der Waals surface area (Å²) in [5.41, 5.74) is 2.58. The van der Waals surface area contributed by atoms with Gasteiger partial charge in [-0.3, -0.25) is 19.3 Å². The number of carbonyl (C=O) groups excluding carboxylic acids is 2. The molecule has 3 aromatic carbocycles. The highest BCUT2D eigenvalue weighted by molar-refractivity contribution is 5.88. The Morgan fingerprint density at radius 2 is 1.70 bits per heavy atom. The number of esters is 1. The van der Waals surface area contributed by atoms with Crippen LogP contribution in [0.2, 0.25) is 0 Å². The molecular formula is C30H31N3O4. The molecule has 1 spiro atoms. The number of methoxy groups -OCH3 is 1. The van der Waals surface area contributed by atoms with E-state index in [4.69, 9.17) is 9.57 Å². The largest absolute Gasteiger partial charge is 0.469 e. The molecule has 0 bridgehead atoms. The van der Waals surface area contributed by atoms with E-state index in [9.17, 15) is 9.59 Å². The zero-order valence-electron chi connectivity index (χ0n) is 21.0. The lowest BCUT2D eigenvalue weighted by molar-refractivity contribution is -0.229. The van der Waals surface area contributed by atoms with E-state index in [1.165, 1.54) is 17.6 Å². The van der Waals surface area contributed by atoms with Gasteiger partial charge >= 0.3 is 5.97 Å². The van der Waals surface area contributed by atoms with Crippen molar-refractivity contribution < 1.29 is 19.2 Å². The predicted molar refractivity (Wildman–Crippen MR) is 141 cm³/mol. The van der Waals surface area contributed by atoms with Crippen LogP contribution in [0, 0.1) is 5.92 Å². The van der Waals surface area contributed by atoms with Gasteiger partial charge in [0.2, 0.25) is 5.91 Å². The highest BCUT2D eigenvalue weighted by atomic mass is 16.7. The molecular weight excluding hydrogens is 466 g/mol. The highest BCUT2D eigenvalue weighted by Crippen LogP contribution is 2.45. The normalized spacial score (nSPS) is 19.8. The molecule has 1 atom stereocenters. The molecule has 2 saturated heterocycles.